The number of rotatable bonds is 4. The molecule has 1 N–H and O–H groups in total. The van der Waals surface area contributed by atoms with Gasteiger partial charge >= 0.3 is 0 Å². The molecule has 4 rings (SSSR count). The number of para-hydroxylation sites is 1. The van der Waals surface area contributed by atoms with Gasteiger partial charge in [0.1, 0.15) is 12.3 Å². The Labute approximate surface area is 158 Å². The van der Waals surface area contributed by atoms with Crippen LogP contribution in [0.15, 0.2) is 77.8 Å². The third kappa shape index (κ3) is 3.60. The van der Waals surface area contributed by atoms with Gasteiger partial charge < -0.3 is 10.1 Å². The average Bonchev–Trinajstić information content (AvgIpc) is 2.87. The Bertz CT molecular complexity index is 1010. The molecule has 0 saturated heterocycles. The summed E-state index contributed by atoms with van der Waals surface area (Å²) >= 11 is 0. The van der Waals surface area contributed by atoms with E-state index in [9.17, 15) is 4.79 Å². The Morgan fingerprint density at radius 3 is 2.56 bits per heavy atom. The normalized spacial score (nSPS) is 13.2. The van der Waals surface area contributed by atoms with Crippen molar-refractivity contribution in [2.75, 3.05) is 19.0 Å². The predicted octanol–water partition coefficient (Wildman–Crippen LogP) is 4.35. The molecule has 1 aliphatic heterocycles. The van der Waals surface area contributed by atoms with E-state index < -0.39 is 0 Å². The monoisotopic (exact) mass is 356 g/mol. The summed E-state index contributed by atoms with van der Waals surface area (Å²) in [5.41, 5.74) is 5.90. The molecule has 0 fully saturated rings. The van der Waals surface area contributed by atoms with Crippen LogP contribution in [-0.4, -0.2) is 25.3 Å². The molecule has 0 saturated carbocycles. The van der Waals surface area contributed by atoms with Gasteiger partial charge in [-0.05, 0) is 29.3 Å². The minimum absolute atomic E-state index is 0.0984. The van der Waals surface area contributed by atoms with Gasteiger partial charge in [-0.3, -0.25) is 9.79 Å². The number of methoxy groups -OCH3 is 1. The van der Waals surface area contributed by atoms with Crippen LogP contribution in [0.3, 0.4) is 0 Å². The summed E-state index contributed by atoms with van der Waals surface area (Å²) in [4.78, 5) is 16.7. The molecule has 1 aliphatic rings. The van der Waals surface area contributed by atoms with Crippen molar-refractivity contribution in [1.29, 1.82) is 0 Å². The highest BCUT2D eigenvalue weighted by Gasteiger charge is 2.19. The fraction of sp³-hybridized carbons (Fsp3) is 0.130. The molecule has 0 bridgehead atoms. The number of hydrogen-bond acceptors (Lipinski definition) is 3. The van der Waals surface area contributed by atoms with Gasteiger partial charge in [0.05, 0.1) is 7.11 Å². The first-order valence-corrected chi connectivity index (χ1v) is 8.89. The zero-order chi connectivity index (χ0) is 18.6. The van der Waals surface area contributed by atoms with E-state index in [1.807, 2.05) is 54.6 Å². The molecule has 0 aliphatic carbocycles. The molecule has 1 heterocycles. The van der Waals surface area contributed by atoms with Crippen molar-refractivity contribution in [1.82, 2.24) is 0 Å². The maximum atomic E-state index is 12.1. The summed E-state index contributed by atoms with van der Waals surface area (Å²) in [6.45, 7) is 0.125. The molecule has 4 nitrogen and oxygen atoms in total. The molecule has 0 unspecified atom stereocenters. The molecule has 3 aromatic rings. The number of nitrogens with zero attached hydrogens (tertiary/aromatic N) is 1. The first-order chi connectivity index (χ1) is 13.2. The number of fused-ring (bicyclic) bond motifs is 1. The van der Waals surface area contributed by atoms with Crippen molar-refractivity contribution >= 4 is 17.3 Å². The zero-order valence-corrected chi connectivity index (χ0v) is 15.1. The molecular weight excluding hydrogens is 336 g/mol. The Morgan fingerprint density at radius 2 is 1.74 bits per heavy atom. The van der Waals surface area contributed by atoms with Crippen LogP contribution in [0.25, 0.3) is 11.1 Å². The van der Waals surface area contributed by atoms with Crippen molar-refractivity contribution in [2.45, 2.75) is 6.42 Å². The molecule has 0 atom stereocenters. The third-order valence-electron chi connectivity index (χ3n) is 4.68. The fourth-order valence-electron chi connectivity index (χ4n) is 3.32. The summed E-state index contributed by atoms with van der Waals surface area (Å²) < 4.78 is 5.48. The van der Waals surface area contributed by atoms with Crippen LogP contribution in [0.5, 0.6) is 5.75 Å². The number of benzodiazepines with no additional fused rings is 1. The van der Waals surface area contributed by atoms with E-state index in [0.29, 0.717) is 6.42 Å². The standard InChI is InChI=1S/C23H20N2O2/c1-27-22-10-6-5-9-18(22)14-21-19-13-17(16-7-3-2-4-8-16)11-12-20(19)25-23(26)15-24-21/h2-13H,14-15H2,1H3,(H,25,26). The summed E-state index contributed by atoms with van der Waals surface area (Å²) in [6, 6.07) is 24.2. The van der Waals surface area contributed by atoms with Crippen LogP contribution < -0.4 is 10.1 Å². The molecule has 27 heavy (non-hydrogen) atoms. The lowest BCUT2D eigenvalue weighted by molar-refractivity contribution is -0.114. The van der Waals surface area contributed by atoms with Gasteiger partial charge in [-0.1, -0.05) is 54.6 Å². The van der Waals surface area contributed by atoms with E-state index in [1.165, 1.54) is 0 Å². The highest BCUT2D eigenvalue weighted by atomic mass is 16.5. The Balaban J connectivity index is 1.78. The van der Waals surface area contributed by atoms with Crippen molar-refractivity contribution in [2.24, 2.45) is 4.99 Å². The maximum absolute atomic E-state index is 12.1. The lowest BCUT2D eigenvalue weighted by atomic mass is 9.96. The number of amides is 1. The first-order valence-electron chi connectivity index (χ1n) is 8.89. The Hall–Kier alpha value is -3.40. The van der Waals surface area contributed by atoms with E-state index in [-0.39, 0.29) is 12.5 Å². The van der Waals surface area contributed by atoms with Crippen molar-refractivity contribution < 1.29 is 9.53 Å². The topological polar surface area (TPSA) is 50.7 Å². The van der Waals surface area contributed by atoms with Gasteiger partial charge in [0.15, 0.2) is 0 Å². The van der Waals surface area contributed by atoms with Gasteiger partial charge in [0, 0.05) is 28.9 Å². The second kappa shape index (κ2) is 7.46. The number of nitrogens with one attached hydrogen (secondary N) is 1. The number of anilines is 1. The SMILES string of the molecule is COc1ccccc1CC1=NCC(=O)Nc2ccc(-c3ccccc3)cc21. The lowest BCUT2D eigenvalue weighted by Gasteiger charge is -2.14. The molecule has 0 aromatic heterocycles. The van der Waals surface area contributed by atoms with Crippen LogP contribution >= 0.6 is 0 Å². The fourth-order valence-corrected chi connectivity index (χ4v) is 3.32. The largest absolute Gasteiger partial charge is 0.496 e. The number of aliphatic imine (C=N–C) groups is 1. The van der Waals surface area contributed by atoms with Crippen LogP contribution in [0.1, 0.15) is 11.1 Å². The zero-order valence-electron chi connectivity index (χ0n) is 15.1. The van der Waals surface area contributed by atoms with E-state index in [2.05, 4.69) is 28.5 Å². The summed E-state index contributed by atoms with van der Waals surface area (Å²) in [5, 5.41) is 2.96. The van der Waals surface area contributed by atoms with Gasteiger partial charge in [0.2, 0.25) is 5.91 Å². The third-order valence-corrected chi connectivity index (χ3v) is 4.68. The van der Waals surface area contributed by atoms with Gasteiger partial charge in [0.25, 0.3) is 0 Å². The molecule has 3 aromatic carbocycles. The minimum Gasteiger partial charge on any atom is -0.496 e. The highest BCUT2D eigenvalue weighted by molar-refractivity contribution is 6.12. The molecule has 0 spiro atoms. The van der Waals surface area contributed by atoms with E-state index >= 15 is 0 Å². The average molecular weight is 356 g/mol. The van der Waals surface area contributed by atoms with Crippen molar-refractivity contribution in [3.8, 4) is 16.9 Å². The van der Waals surface area contributed by atoms with Crippen LogP contribution in [0.4, 0.5) is 5.69 Å². The summed E-state index contributed by atoms with van der Waals surface area (Å²) in [5.74, 6) is 0.725. The van der Waals surface area contributed by atoms with Gasteiger partial charge in [-0.2, -0.15) is 0 Å². The van der Waals surface area contributed by atoms with E-state index in [4.69, 9.17) is 4.74 Å². The van der Waals surface area contributed by atoms with Gasteiger partial charge in [-0.15, -0.1) is 0 Å². The number of carbonyl (C=O) groups is 1. The maximum Gasteiger partial charge on any atom is 0.246 e. The molecular formula is C23H20N2O2. The summed E-state index contributed by atoms with van der Waals surface area (Å²) in [7, 11) is 1.67. The second-order valence-electron chi connectivity index (χ2n) is 6.43. The number of ether oxygens (including phenoxy) is 1. The van der Waals surface area contributed by atoms with E-state index in [0.717, 1.165) is 39.4 Å². The molecule has 134 valence electrons. The minimum atomic E-state index is -0.0984. The lowest BCUT2D eigenvalue weighted by Crippen LogP contribution is -2.13. The quantitative estimate of drug-likeness (QED) is 0.756. The first kappa shape index (κ1) is 17.0. The van der Waals surface area contributed by atoms with Crippen LogP contribution in [0, 0.1) is 0 Å². The van der Waals surface area contributed by atoms with Crippen LogP contribution in [-0.2, 0) is 11.2 Å². The Kier molecular flexibility index (Phi) is 4.71. The van der Waals surface area contributed by atoms with Crippen LogP contribution in [0.2, 0.25) is 0 Å². The summed E-state index contributed by atoms with van der Waals surface area (Å²) in [6.07, 6.45) is 0.601. The number of hydrogen-bond donors (Lipinski definition) is 1. The molecule has 4 heteroatoms. The highest BCUT2D eigenvalue weighted by Crippen LogP contribution is 2.29. The predicted molar refractivity (Wildman–Crippen MR) is 109 cm³/mol. The molecule has 1 amide bonds. The molecule has 0 radical (unpaired) electrons. The Morgan fingerprint density at radius 1 is 0.963 bits per heavy atom. The smallest absolute Gasteiger partial charge is 0.246 e. The van der Waals surface area contributed by atoms with Crippen molar-refractivity contribution in [3.63, 3.8) is 0 Å². The number of benzene rings is 3. The van der Waals surface area contributed by atoms with Gasteiger partial charge in [-0.25, -0.2) is 0 Å². The second-order valence-corrected chi connectivity index (χ2v) is 6.43. The van der Waals surface area contributed by atoms with Crippen molar-refractivity contribution in [3.05, 3.63) is 83.9 Å². The number of carbonyl (C=O) groups excluding carboxylic acids is 1. The van der Waals surface area contributed by atoms with E-state index in [1.54, 1.807) is 7.11 Å².